The first-order valence-corrected chi connectivity index (χ1v) is 4.54. The molecule has 0 saturated heterocycles. The largest absolute Gasteiger partial charge is 0.324 e. The minimum absolute atomic E-state index is 0.00981. The van der Waals surface area contributed by atoms with Crippen LogP contribution in [0.5, 0.6) is 0 Å². The molecule has 0 amide bonds. The lowest BCUT2D eigenvalue weighted by Crippen LogP contribution is -2.04. The Kier molecular flexibility index (Phi) is 1.93. The molecule has 1 unspecified atom stereocenters. The molecule has 0 aliphatic rings. The van der Waals surface area contributed by atoms with E-state index >= 15 is 0 Å². The van der Waals surface area contributed by atoms with E-state index in [9.17, 15) is 4.79 Å². The Morgan fingerprint density at radius 1 is 1.50 bits per heavy atom. The first kappa shape index (κ1) is 9.02. The highest BCUT2D eigenvalue weighted by Gasteiger charge is 2.06. The highest BCUT2D eigenvalue weighted by molar-refractivity contribution is 5.79. The van der Waals surface area contributed by atoms with E-state index in [2.05, 4.69) is 5.10 Å². The molecule has 0 bridgehead atoms. The van der Waals surface area contributed by atoms with Crippen molar-refractivity contribution in [3.05, 3.63) is 34.1 Å². The summed E-state index contributed by atoms with van der Waals surface area (Å²) in [4.78, 5) is 11.4. The van der Waals surface area contributed by atoms with Crippen LogP contribution < -0.4 is 11.3 Å². The molecular formula is C10H13N3O. The predicted octanol–water partition coefficient (Wildman–Crippen LogP) is 0.886. The molecule has 1 aromatic heterocycles. The van der Waals surface area contributed by atoms with E-state index in [-0.39, 0.29) is 11.6 Å². The summed E-state index contributed by atoms with van der Waals surface area (Å²) >= 11 is 0. The lowest BCUT2D eigenvalue weighted by Gasteiger charge is -2.05. The number of fused-ring (bicyclic) bond motifs is 1. The van der Waals surface area contributed by atoms with Gasteiger partial charge in [-0.25, -0.2) is 0 Å². The van der Waals surface area contributed by atoms with Gasteiger partial charge in [-0.15, -0.1) is 0 Å². The number of H-pyrrole nitrogens is 1. The van der Waals surface area contributed by atoms with Gasteiger partial charge >= 0.3 is 0 Å². The van der Waals surface area contributed by atoms with Crippen LogP contribution in [0, 0.1) is 0 Å². The minimum Gasteiger partial charge on any atom is -0.324 e. The van der Waals surface area contributed by atoms with Crippen molar-refractivity contribution in [1.29, 1.82) is 0 Å². The van der Waals surface area contributed by atoms with Crippen LogP contribution in [-0.2, 0) is 7.05 Å². The molecule has 1 atom stereocenters. The molecule has 0 spiro atoms. The van der Waals surface area contributed by atoms with E-state index in [1.165, 1.54) is 0 Å². The van der Waals surface area contributed by atoms with Crippen molar-refractivity contribution in [2.45, 2.75) is 13.0 Å². The van der Waals surface area contributed by atoms with Gasteiger partial charge in [0.15, 0.2) is 0 Å². The Hall–Kier alpha value is -1.55. The van der Waals surface area contributed by atoms with Crippen molar-refractivity contribution in [2.75, 3.05) is 0 Å². The van der Waals surface area contributed by atoms with Gasteiger partial charge in [-0.2, -0.15) is 0 Å². The second kappa shape index (κ2) is 2.99. The molecule has 2 aromatic rings. The first-order chi connectivity index (χ1) is 6.59. The maximum Gasteiger partial charge on any atom is 0.271 e. The summed E-state index contributed by atoms with van der Waals surface area (Å²) in [5, 5.41) is 3.41. The number of nitrogens with zero attached hydrogens (tertiary/aromatic N) is 1. The van der Waals surface area contributed by atoms with Gasteiger partial charge < -0.3 is 5.73 Å². The maximum atomic E-state index is 11.4. The second-order valence-electron chi connectivity index (χ2n) is 3.57. The molecule has 1 heterocycles. The summed E-state index contributed by atoms with van der Waals surface area (Å²) < 4.78 is 1.71. The smallest absolute Gasteiger partial charge is 0.271 e. The lowest BCUT2D eigenvalue weighted by atomic mass is 10.1. The molecule has 2 rings (SSSR count). The molecular weight excluding hydrogens is 178 g/mol. The molecule has 0 aliphatic heterocycles. The number of hydrogen-bond donors (Lipinski definition) is 2. The average Bonchev–Trinajstić information content (AvgIpc) is 2.42. The lowest BCUT2D eigenvalue weighted by molar-refractivity contribution is 0.779. The minimum atomic E-state index is -0.0567. The van der Waals surface area contributed by atoms with Gasteiger partial charge in [0.2, 0.25) is 0 Å². The molecule has 4 heteroatoms. The number of rotatable bonds is 1. The molecule has 0 fully saturated rings. The summed E-state index contributed by atoms with van der Waals surface area (Å²) in [6.07, 6.45) is 0. The summed E-state index contributed by atoms with van der Waals surface area (Å²) in [6.45, 7) is 1.92. The summed E-state index contributed by atoms with van der Waals surface area (Å²) in [5.41, 5.74) is 7.63. The van der Waals surface area contributed by atoms with Gasteiger partial charge in [-0.3, -0.25) is 14.6 Å². The fourth-order valence-electron chi connectivity index (χ4n) is 1.57. The number of aryl methyl sites for hydroxylation is 1. The van der Waals surface area contributed by atoms with Crippen LogP contribution in [-0.4, -0.2) is 9.78 Å². The van der Waals surface area contributed by atoms with E-state index in [1.807, 2.05) is 32.2 Å². The van der Waals surface area contributed by atoms with Crippen molar-refractivity contribution in [1.82, 2.24) is 9.78 Å². The Labute approximate surface area is 81.3 Å². The molecule has 1 aromatic carbocycles. The van der Waals surface area contributed by atoms with E-state index in [0.29, 0.717) is 5.39 Å². The van der Waals surface area contributed by atoms with Crippen LogP contribution >= 0.6 is 0 Å². The van der Waals surface area contributed by atoms with Gasteiger partial charge in [0.25, 0.3) is 5.56 Å². The van der Waals surface area contributed by atoms with Crippen LogP contribution in [0.25, 0.3) is 10.9 Å². The zero-order valence-electron chi connectivity index (χ0n) is 8.24. The number of aromatic nitrogens is 2. The van der Waals surface area contributed by atoms with Crippen LogP contribution in [0.3, 0.4) is 0 Å². The van der Waals surface area contributed by atoms with E-state index in [4.69, 9.17) is 5.73 Å². The summed E-state index contributed by atoms with van der Waals surface area (Å²) in [6, 6.07) is 5.64. The molecule has 74 valence electrons. The fraction of sp³-hybridized carbons (Fsp3) is 0.300. The Morgan fingerprint density at radius 2 is 2.21 bits per heavy atom. The molecule has 0 radical (unpaired) electrons. The van der Waals surface area contributed by atoms with Gasteiger partial charge in [0.05, 0.1) is 10.9 Å². The van der Waals surface area contributed by atoms with Crippen molar-refractivity contribution in [3.8, 4) is 0 Å². The van der Waals surface area contributed by atoms with Crippen molar-refractivity contribution in [2.24, 2.45) is 12.8 Å². The first-order valence-electron chi connectivity index (χ1n) is 4.54. The second-order valence-corrected chi connectivity index (χ2v) is 3.57. The number of aromatic amines is 1. The normalized spacial score (nSPS) is 13.4. The number of nitrogens with one attached hydrogen (secondary N) is 1. The van der Waals surface area contributed by atoms with Crippen LogP contribution in [0.2, 0.25) is 0 Å². The van der Waals surface area contributed by atoms with Crippen LogP contribution in [0.4, 0.5) is 0 Å². The molecule has 0 aliphatic carbocycles. The van der Waals surface area contributed by atoms with Crippen LogP contribution in [0.15, 0.2) is 23.0 Å². The highest BCUT2D eigenvalue weighted by atomic mass is 16.1. The fourth-order valence-corrected chi connectivity index (χ4v) is 1.57. The van der Waals surface area contributed by atoms with Gasteiger partial charge in [0.1, 0.15) is 0 Å². The van der Waals surface area contributed by atoms with E-state index in [1.54, 1.807) is 4.68 Å². The SMILES string of the molecule is CC(N)c1ccc2c(=O)[nH]n(C)c2c1. The molecule has 0 saturated carbocycles. The Bertz CT molecular complexity index is 522. The number of benzene rings is 1. The Balaban J connectivity index is 2.77. The molecule has 14 heavy (non-hydrogen) atoms. The van der Waals surface area contributed by atoms with Gasteiger partial charge in [-0.1, -0.05) is 6.07 Å². The third-order valence-electron chi connectivity index (χ3n) is 2.42. The Morgan fingerprint density at radius 3 is 2.86 bits per heavy atom. The summed E-state index contributed by atoms with van der Waals surface area (Å²) in [7, 11) is 1.81. The predicted molar refractivity (Wildman–Crippen MR) is 56.1 cm³/mol. The van der Waals surface area contributed by atoms with Crippen molar-refractivity contribution < 1.29 is 0 Å². The molecule has 4 nitrogen and oxygen atoms in total. The van der Waals surface area contributed by atoms with Crippen LogP contribution in [0.1, 0.15) is 18.5 Å². The number of nitrogens with two attached hydrogens (primary N) is 1. The van der Waals surface area contributed by atoms with Crippen molar-refractivity contribution in [3.63, 3.8) is 0 Å². The van der Waals surface area contributed by atoms with E-state index < -0.39 is 0 Å². The average molecular weight is 191 g/mol. The summed E-state index contributed by atoms with van der Waals surface area (Å²) in [5.74, 6) is 0. The van der Waals surface area contributed by atoms with E-state index in [0.717, 1.165) is 11.1 Å². The third-order valence-corrected chi connectivity index (χ3v) is 2.42. The zero-order chi connectivity index (χ0) is 10.3. The third kappa shape index (κ3) is 1.24. The maximum absolute atomic E-state index is 11.4. The zero-order valence-corrected chi connectivity index (χ0v) is 8.24. The highest BCUT2D eigenvalue weighted by Crippen LogP contribution is 2.15. The standard InChI is InChI=1S/C10H13N3O/c1-6(11)7-3-4-8-9(5-7)13(2)12-10(8)14/h3-6H,11H2,1-2H3,(H,12,14). The number of hydrogen-bond acceptors (Lipinski definition) is 2. The topological polar surface area (TPSA) is 63.8 Å². The van der Waals surface area contributed by atoms with Gasteiger partial charge in [-0.05, 0) is 24.6 Å². The molecule has 3 N–H and O–H groups in total. The van der Waals surface area contributed by atoms with Crippen molar-refractivity contribution >= 4 is 10.9 Å². The van der Waals surface area contributed by atoms with Gasteiger partial charge in [0, 0.05) is 13.1 Å². The quantitative estimate of drug-likeness (QED) is 0.703. The monoisotopic (exact) mass is 191 g/mol.